The number of amides is 1. The highest BCUT2D eigenvalue weighted by atomic mass is 19.4. The molecule has 1 amide bonds. The van der Waals surface area contributed by atoms with Gasteiger partial charge in [-0.3, -0.25) is 14.6 Å². The van der Waals surface area contributed by atoms with Gasteiger partial charge in [0.1, 0.15) is 11.5 Å². The molecule has 9 heteroatoms. The van der Waals surface area contributed by atoms with Crippen molar-refractivity contribution in [3.05, 3.63) is 54.4 Å². The number of alkyl halides is 3. The normalized spacial score (nSPS) is 19.7. The van der Waals surface area contributed by atoms with Gasteiger partial charge in [0.2, 0.25) is 0 Å². The second-order valence-electron chi connectivity index (χ2n) is 6.12. The molecule has 2 heterocycles. The van der Waals surface area contributed by atoms with E-state index >= 15 is 0 Å². The lowest BCUT2D eigenvalue weighted by Crippen LogP contribution is -2.34. The Balaban J connectivity index is 1.78. The quantitative estimate of drug-likeness (QED) is 0.881. The van der Waals surface area contributed by atoms with Crippen molar-refractivity contribution < 1.29 is 32.6 Å². The number of carboxylic acid groups (broad SMARTS) is 1. The lowest BCUT2D eigenvalue weighted by molar-refractivity contribution is -0.187. The summed E-state index contributed by atoms with van der Waals surface area (Å²) in [6.45, 7) is -1.18. The maximum absolute atomic E-state index is 13.1. The molecule has 0 saturated carbocycles. The van der Waals surface area contributed by atoms with E-state index in [1.165, 1.54) is 30.6 Å². The first-order valence-corrected chi connectivity index (χ1v) is 8.02. The number of nitrogens with zero attached hydrogens (tertiary/aromatic N) is 2. The molecule has 1 aliphatic heterocycles. The maximum Gasteiger partial charge on any atom is 0.394 e. The summed E-state index contributed by atoms with van der Waals surface area (Å²) >= 11 is 0. The Labute approximate surface area is 152 Å². The number of halogens is 3. The highest BCUT2D eigenvalue weighted by molar-refractivity contribution is 5.95. The number of ether oxygens (including phenoxy) is 1. The first-order valence-electron chi connectivity index (χ1n) is 8.02. The molecular weight excluding hydrogens is 365 g/mol. The van der Waals surface area contributed by atoms with Crippen LogP contribution in [0.3, 0.4) is 0 Å². The topological polar surface area (TPSA) is 79.7 Å². The van der Waals surface area contributed by atoms with Crippen molar-refractivity contribution in [1.29, 1.82) is 0 Å². The molecule has 2 aromatic rings. The Morgan fingerprint density at radius 2 is 1.81 bits per heavy atom. The number of benzene rings is 1. The molecule has 1 fully saturated rings. The van der Waals surface area contributed by atoms with Crippen LogP contribution >= 0.6 is 0 Å². The van der Waals surface area contributed by atoms with Gasteiger partial charge in [-0.25, -0.2) is 0 Å². The predicted molar refractivity (Wildman–Crippen MR) is 87.3 cm³/mol. The summed E-state index contributed by atoms with van der Waals surface area (Å²) in [6, 6.07) is 9.20. The minimum atomic E-state index is -4.69. The van der Waals surface area contributed by atoms with Crippen LogP contribution in [-0.2, 0) is 4.79 Å². The van der Waals surface area contributed by atoms with E-state index < -0.39 is 43.0 Å². The van der Waals surface area contributed by atoms with Crippen LogP contribution in [0.15, 0.2) is 48.8 Å². The molecule has 1 aliphatic rings. The fourth-order valence-electron chi connectivity index (χ4n) is 2.97. The first-order chi connectivity index (χ1) is 12.8. The van der Waals surface area contributed by atoms with Crippen molar-refractivity contribution in [2.75, 3.05) is 13.1 Å². The molecule has 1 aromatic heterocycles. The number of likely N-dealkylation sites (tertiary alicyclic amines) is 1. The third-order valence-corrected chi connectivity index (χ3v) is 4.31. The standard InChI is InChI=1S/C18H15F3N2O4/c19-18(20,21)15-10-23(9-14(15)17(25)26)16(24)11-2-1-3-13(8-11)27-12-4-6-22-7-5-12/h1-8,14-15H,9-10H2,(H,25,26)/t14-,15-/m1/s1. The maximum atomic E-state index is 13.1. The van der Waals surface area contributed by atoms with Gasteiger partial charge in [0.05, 0.1) is 11.8 Å². The van der Waals surface area contributed by atoms with Crippen molar-refractivity contribution >= 4 is 11.9 Å². The molecule has 1 aromatic carbocycles. The molecule has 0 aliphatic carbocycles. The third kappa shape index (κ3) is 4.18. The van der Waals surface area contributed by atoms with E-state index in [-0.39, 0.29) is 5.56 Å². The molecular formula is C18H15F3N2O4. The molecule has 142 valence electrons. The summed E-state index contributed by atoms with van der Waals surface area (Å²) in [4.78, 5) is 28.5. The van der Waals surface area contributed by atoms with Crippen molar-refractivity contribution in [3.63, 3.8) is 0 Å². The summed E-state index contributed by atoms with van der Waals surface area (Å²) in [5, 5.41) is 9.06. The fraction of sp³-hybridized carbons (Fsp3) is 0.278. The van der Waals surface area contributed by atoms with Gasteiger partial charge < -0.3 is 14.7 Å². The third-order valence-electron chi connectivity index (χ3n) is 4.31. The van der Waals surface area contributed by atoms with Crippen LogP contribution in [0.2, 0.25) is 0 Å². The second kappa shape index (κ2) is 7.26. The SMILES string of the molecule is O=C(O)[C@@H]1CN(C(=O)c2cccc(Oc3ccncc3)c2)C[C@H]1C(F)(F)F. The van der Waals surface area contributed by atoms with Gasteiger partial charge in [-0.2, -0.15) is 13.2 Å². The molecule has 6 nitrogen and oxygen atoms in total. The van der Waals surface area contributed by atoms with Crippen LogP contribution in [0.1, 0.15) is 10.4 Å². The molecule has 0 bridgehead atoms. The predicted octanol–water partition coefficient (Wildman–Crippen LogP) is 3.21. The number of hydrogen-bond acceptors (Lipinski definition) is 4. The number of pyridine rings is 1. The summed E-state index contributed by atoms with van der Waals surface area (Å²) in [7, 11) is 0. The number of aromatic nitrogens is 1. The molecule has 3 rings (SSSR count). The van der Waals surface area contributed by atoms with Gasteiger partial charge in [-0.1, -0.05) is 6.07 Å². The van der Waals surface area contributed by atoms with Crippen LogP contribution < -0.4 is 4.74 Å². The van der Waals surface area contributed by atoms with Crippen molar-refractivity contribution in [2.45, 2.75) is 6.18 Å². The monoisotopic (exact) mass is 380 g/mol. The van der Waals surface area contributed by atoms with Crippen molar-refractivity contribution in [2.24, 2.45) is 11.8 Å². The zero-order valence-electron chi connectivity index (χ0n) is 13.9. The van der Waals surface area contributed by atoms with Crippen molar-refractivity contribution in [1.82, 2.24) is 9.88 Å². The smallest absolute Gasteiger partial charge is 0.394 e. The minimum absolute atomic E-state index is 0.119. The molecule has 27 heavy (non-hydrogen) atoms. The van der Waals surface area contributed by atoms with E-state index in [9.17, 15) is 22.8 Å². The number of rotatable bonds is 4. The van der Waals surface area contributed by atoms with Crippen LogP contribution in [0.5, 0.6) is 11.5 Å². The molecule has 0 unspecified atom stereocenters. The number of aliphatic carboxylic acids is 1. The van der Waals surface area contributed by atoms with Crippen molar-refractivity contribution in [3.8, 4) is 11.5 Å². The van der Waals surface area contributed by atoms with E-state index in [1.54, 1.807) is 18.2 Å². The van der Waals surface area contributed by atoms with Gasteiger partial charge in [-0.05, 0) is 30.3 Å². The highest BCUT2D eigenvalue weighted by Crippen LogP contribution is 2.38. The minimum Gasteiger partial charge on any atom is -0.481 e. The van der Waals surface area contributed by atoms with E-state index in [0.717, 1.165) is 4.90 Å². The Kier molecular flexibility index (Phi) is 5.02. The van der Waals surface area contributed by atoms with E-state index in [4.69, 9.17) is 9.84 Å². The average molecular weight is 380 g/mol. The summed E-state index contributed by atoms with van der Waals surface area (Å²) in [5.74, 6) is -5.19. The molecule has 0 radical (unpaired) electrons. The number of carboxylic acids is 1. The van der Waals surface area contributed by atoms with Crippen LogP contribution in [0, 0.1) is 11.8 Å². The van der Waals surface area contributed by atoms with Crippen LogP contribution in [0.25, 0.3) is 0 Å². The number of hydrogen-bond donors (Lipinski definition) is 1. The van der Waals surface area contributed by atoms with E-state index in [2.05, 4.69) is 4.98 Å². The Hall–Kier alpha value is -3.10. The van der Waals surface area contributed by atoms with Crippen LogP contribution in [0.4, 0.5) is 13.2 Å². The second-order valence-corrected chi connectivity index (χ2v) is 6.12. The average Bonchev–Trinajstić information content (AvgIpc) is 3.08. The highest BCUT2D eigenvalue weighted by Gasteiger charge is 2.53. The van der Waals surface area contributed by atoms with Gasteiger partial charge in [-0.15, -0.1) is 0 Å². The van der Waals surface area contributed by atoms with Gasteiger partial charge in [0, 0.05) is 31.0 Å². The largest absolute Gasteiger partial charge is 0.481 e. The zero-order chi connectivity index (χ0) is 19.6. The molecule has 2 atom stereocenters. The number of carbonyl (C=O) groups excluding carboxylic acids is 1. The van der Waals surface area contributed by atoms with Crippen LogP contribution in [-0.4, -0.2) is 46.1 Å². The Bertz CT molecular complexity index is 842. The summed E-state index contributed by atoms with van der Waals surface area (Å²) in [6.07, 6.45) is -1.64. The molecule has 0 spiro atoms. The van der Waals surface area contributed by atoms with E-state index in [0.29, 0.717) is 11.5 Å². The fourth-order valence-corrected chi connectivity index (χ4v) is 2.97. The first kappa shape index (κ1) is 18.7. The van der Waals surface area contributed by atoms with Gasteiger partial charge in [0.15, 0.2) is 0 Å². The molecule has 1 saturated heterocycles. The number of carbonyl (C=O) groups is 2. The summed E-state index contributed by atoms with van der Waals surface area (Å²) < 4.78 is 44.9. The van der Waals surface area contributed by atoms with Gasteiger partial charge >= 0.3 is 12.1 Å². The Morgan fingerprint density at radius 1 is 1.11 bits per heavy atom. The lowest BCUT2D eigenvalue weighted by atomic mass is 9.96. The lowest BCUT2D eigenvalue weighted by Gasteiger charge is -2.18. The molecule has 1 N–H and O–H groups in total. The zero-order valence-corrected chi connectivity index (χ0v) is 13.9. The Morgan fingerprint density at radius 3 is 2.41 bits per heavy atom. The van der Waals surface area contributed by atoms with Gasteiger partial charge in [0.25, 0.3) is 5.91 Å². The van der Waals surface area contributed by atoms with E-state index in [1.807, 2.05) is 0 Å². The summed E-state index contributed by atoms with van der Waals surface area (Å²) in [5.41, 5.74) is 0.119.